The monoisotopic (exact) mass is 250 g/mol. The lowest BCUT2D eigenvalue weighted by Gasteiger charge is -2.16. The van der Waals surface area contributed by atoms with Crippen molar-refractivity contribution in [3.8, 4) is 0 Å². The summed E-state index contributed by atoms with van der Waals surface area (Å²) in [7, 11) is 0. The van der Waals surface area contributed by atoms with Gasteiger partial charge in [-0.1, -0.05) is 0 Å². The standard InChI is InChI=1S/C10H18O3S2/c1-10(2)12-7(8(6-11)13-10)5-9(14-3)15-4/h5,7-8,11H,6H2,1-4H3/t7-,8+/m1/s1. The molecular formula is C10H18O3S2. The number of hydrogen-bond donors (Lipinski definition) is 1. The van der Waals surface area contributed by atoms with Gasteiger partial charge in [-0.2, -0.15) is 0 Å². The van der Waals surface area contributed by atoms with Gasteiger partial charge in [0.05, 0.1) is 6.61 Å². The van der Waals surface area contributed by atoms with Gasteiger partial charge in [0, 0.05) is 4.24 Å². The van der Waals surface area contributed by atoms with Crippen molar-refractivity contribution in [2.24, 2.45) is 0 Å². The summed E-state index contributed by atoms with van der Waals surface area (Å²) in [6.07, 6.45) is 5.66. The molecule has 0 aromatic carbocycles. The first-order chi connectivity index (χ1) is 7.02. The fraction of sp³-hybridized carbons (Fsp3) is 0.800. The van der Waals surface area contributed by atoms with Gasteiger partial charge < -0.3 is 14.6 Å². The van der Waals surface area contributed by atoms with Crippen molar-refractivity contribution in [3.05, 3.63) is 10.3 Å². The molecule has 5 heteroatoms. The maximum atomic E-state index is 9.18. The van der Waals surface area contributed by atoms with E-state index in [9.17, 15) is 5.11 Å². The minimum absolute atomic E-state index is 0.0133. The Balaban J connectivity index is 2.72. The van der Waals surface area contributed by atoms with Gasteiger partial charge in [0.25, 0.3) is 0 Å². The zero-order valence-corrected chi connectivity index (χ0v) is 11.2. The Labute approximate surface area is 99.6 Å². The lowest BCUT2D eigenvalue weighted by molar-refractivity contribution is -0.146. The van der Waals surface area contributed by atoms with E-state index in [4.69, 9.17) is 9.47 Å². The van der Waals surface area contributed by atoms with Crippen LogP contribution in [0.15, 0.2) is 10.3 Å². The molecule has 0 radical (unpaired) electrons. The van der Waals surface area contributed by atoms with Gasteiger partial charge in [0.1, 0.15) is 12.2 Å². The summed E-state index contributed by atoms with van der Waals surface area (Å²) in [6.45, 7) is 3.71. The molecule has 88 valence electrons. The van der Waals surface area contributed by atoms with Gasteiger partial charge in [0.2, 0.25) is 0 Å². The molecule has 0 aromatic heterocycles. The molecule has 1 saturated heterocycles. The van der Waals surface area contributed by atoms with Crippen LogP contribution >= 0.6 is 23.5 Å². The fourth-order valence-corrected chi connectivity index (χ4v) is 2.71. The van der Waals surface area contributed by atoms with Crippen LogP contribution in [-0.2, 0) is 9.47 Å². The molecule has 0 bridgehead atoms. The van der Waals surface area contributed by atoms with E-state index in [0.717, 1.165) is 0 Å². The Morgan fingerprint density at radius 3 is 2.40 bits per heavy atom. The molecule has 2 atom stereocenters. The van der Waals surface area contributed by atoms with Crippen LogP contribution in [-0.4, -0.2) is 42.2 Å². The third-order valence-electron chi connectivity index (χ3n) is 2.10. The zero-order valence-electron chi connectivity index (χ0n) is 9.52. The predicted octanol–water partition coefficient (Wildman–Crippen LogP) is 2.07. The van der Waals surface area contributed by atoms with Crippen molar-refractivity contribution in [1.82, 2.24) is 0 Å². The van der Waals surface area contributed by atoms with Gasteiger partial charge >= 0.3 is 0 Å². The first kappa shape index (κ1) is 13.4. The van der Waals surface area contributed by atoms with E-state index >= 15 is 0 Å². The predicted molar refractivity (Wildman–Crippen MR) is 66.0 cm³/mol. The third-order valence-corrected chi connectivity index (χ3v) is 4.18. The van der Waals surface area contributed by atoms with Crippen LogP contribution in [0.3, 0.4) is 0 Å². The Morgan fingerprint density at radius 2 is 1.93 bits per heavy atom. The highest BCUT2D eigenvalue weighted by molar-refractivity contribution is 8.21. The van der Waals surface area contributed by atoms with Gasteiger partial charge in [-0.05, 0) is 32.4 Å². The van der Waals surface area contributed by atoms with Gasteiger partial charge in [-0.3, -0.25) is 0 Å². The summed E-state index contributed by atoms with van der Waals surface area (Å²) in [5.41, 5.74) is 0. The van der Waals surface area contributed by atoms with Crippen molar-refractivity contribution in [3.63, 3.8) is 0 Å². The van der Waals surface area contributed by atoms with E-state index in [1.807, 2.05) is 32.4 Å². The van der Waals surface area contributed by atoms with E-state index in [2.05, 4.69) is 0 Å². The summed E-state index contributed by atoms with van der Waals surface area (Å²) in [5, 5.41) is 9.18. The molecule has 1 N–H and O–H groups in total. The number of thioether (sulfide) groups is 2. The Kier molecular flexibility index (Phi) is 4.99. The topological polar surface area (TPSA) is 38.7 Å². The van der Waals surface area contributed by atoms with Crippen molar-refractivity contribution >= 4 is 23.5 Å². The van der Waals surface area contributed by atoms with Crippen LogP contribution in [0.5, 0.6) is 0 Å². The van der Waals surface area contributed by atoms with E-state index < -0.39 is 5.79 Å². The van der Waals surface area contributed by atoms with Crippen LogP contribution in [0.25, 0.3) is 0 Å². The maximum Gasteiger partial charge on any atom is 0.164 e. The second kappa shape index (κ2) is 5.59. The van der Waals surface area contributed by atoms with Crippen LogP contribution in [0.2, 0.25) is 0 Å². The average molecular weight is 250 g/mol. The first-order valence-corrected chi connectivity index (χ1v) is 7.23. The first-order valence-electron chi connectivity index (χ1n) is 4.78. The molecule has 15 heavy (non-hydrogen) atoms. The van der Waals surface area contributed by atoms with Crippen LogP contribution in [0, 0.1) is 0 Å². The van der Waals surface area contributed by atoms with Crippen molar-refractivity contribution in [1.29, 1.82) is 0 Å². The van der Waals surface area contributed by atoms with E-state index in [1.54, 1.807) is 23.5 Å². The second-order valence-corrected chi connectivity index (χ2v) is 5.67. The Morgan fingerprint density at radius 1 is 1.33 bits per heavy atom. The number of aliphatic hydroxyl groups excluding tert-OH is 1. The van der Waals surface area contributed by atoms with Gasteiger partial charge in [0.15, 0.2) is 5.79 Å². The normalized spacial score (nSPS) is 29.1. The summed E-state index contributed by atoms with van der Waals surface area (Å²) >= 11 is 3.35. The molecule has 1 heterocycles. The lowest BCUT2D eigenvalue weighted by Crippen LogP contribution is -2.24. The summed E-state index contributed by atoms with van der Waals surface area (Å²) in [6, 6.07) is 0. The Bertz CT molecular complexity index is 235. The number of rotatable bonds is 4. The summed E-state index contributed by atoms with van der Waals surface area (Å²) in [4.78, 5) is 0. The van der Waals surface area contributed by atoms with Crippen LogP contribution < -0.4 is 0 Å². The molecule has 0 saturated carbocycles. The smallest absolute Gasteiger partial charge is 0.164 e. The SMILES string of the molecule is CSC(=C[C@H]1OC(C)(C)O[C@H]1CO)SC. The molecule has 0 spiro atoms. The van der Waals surface area contributed by atoms with Crippen molar-refractivity contribution < 1.29 is 14.6 Å². The molecular weight excluding hydrogens is 232 g/mol. The Hall–Kier alpha value is 0.320. The highest BCUT2D eigenvalue weighted by Gasteiger charge is 2.39. The lowest BCUT2D eigenvalue weighted by atomic mass is 10.2. The number of hydrogen-bond acceptors (Lipinski definition) is 5. The van der Waals surface area contributed by atoms with Gasteiger partial charge in [-0.25, -0.2) is 0 Å². The highest BCUT2D eigenvalue weighted by Crippen LogP contribution is 2.32. The van der Waals surface area contributed by atoms with Crippen molar-refractivity contribution in [2.45, 2.75) is 31.8 Å². The van der Waals surface area contributed by atoms with Crippen LogP contribution in [0.4, 0.5) is 0 Å². The number of aliphatic hydroxyl groups is 1. The molecule has 1 aliphatic rings. The van der Waals surface area contributed by atoms with E-state index in [0.29, 0.717) is 0 Å². The van der Waals surface area contributed by atoms with Crippen molar-refractivity contribution in [2.75, 3.05) is 19.1 Å². The number of ether oxygens (including phenoxy) is 2. The molecule has 1 rings (SSSR count). The van der Waals surface area contributed by atoms with E-state index in [-0.39, 0.29) is 18.8 Å². The summed E-state index contributed by atoms with van der Waals surface area (Å²) < 4.78 is 12.4. The zero-order chi connectivity index (χ0) is 11.5. The highest BCUT2D eigenvalue weighted by atomic mass is 32.2. The van der Waals surface area contributed by atoms with Crippen LogP contribution in [0.1, 0.15) is 13.8 Å². The molecule has 0 amide bonds. The third kappa shape index (κ3) is 3.67. The average Bonchev–Trinajstić information content (AvgIpc) is 2.49. The minimum atomic E-state index is -0.601. The maximum absolute atomic E-state index is 9.18. The molecule has 1 fully saturated rings. The van der Waals surface area contributed by atoms with Gasteiger partial charge in [-0.15, -0.1) is 23.5 Å². The fourth-order valence-electron chi connectivity index (χ4n) is 1.50. The van der Waals surface area contributed by atoms with E-state index in [1.165, 1.54) is 4.24 Å². The molecule has 1 aliphatic heterocycles. The quantitative estimate of drug-likeness (QED) is 0.827. The minimum Gasteiger partial charge on any atom is -0.394 e. The molecule has 3 nitrogen and oxygen atoms in total. The second-order valence-electron chi connectivity index (χ2n) is 3.72. The molecule has 0 unspecified atom stereocenters. The largest absolute Gasteiger partial charge is 0.394 e. The summed E-state index contributed by atoms with van der Waals surface area (Å²) in [5.74, 6) is -0.601. The molecule has 0 aliphatic carbocycles. The molecule has 0 aromatic rings.